The highest BCUT2D eigenvalue weighted by molar-refractivity contribution is 4.98. The lowest BCUT2D eigenvalue weighted by molar-refractivity contribution is 0.385. The van der Waals surface area contributed by atoms with Gasteiger partial charge < -0.3 is 9.88 Å². The van der Waals surface area contributed by atoms with Crippen molar-refractivity contribution in [3.8, 4) is 0 Å². The summed E-state index contributed by atoms with van der Waals surface area (Å²) in [4.78, 5) is 4.21. The van der Waals surface area contributed by atoms with Crippen molar-refractivity contribution in [2.45, 2.75) is 71.0 Å². The molecule has 1 N–H and O–H groups in total. The van der Waals surface area contributed by atoms with Crippen molar-refractivity contribution in [1.82, 2.24) is 14.9 Å². The first-order valence-corrected chi connectivity index (χ1v) is 7.12. The second kappa shape index (κ2) is 6.80. The number of hydrogen-bond donors (Lipinski definition) is 1. The van der Waals surface area contributed by atoms with Crippen LogP contribution in [0.25, 0.3) is 0 Å². The van der Waals surface area contributed by atoms with E-state index in [1.807, 2.05) is 12.5 Å². The van der Waals surface area contributed by atoms with Gasteiger partial charge in [0, 0.05) is 25.3 Å². The Hall–Kier alpha value is -0.830. The van der Waals surface area contributed by atoms with Crippen molar-refractivity contribution in [2.24, 2.45) is 0 Å². The fourth-order valence-electron chi connectivity index (χ4n) is 2.69. The average molecular weight is 235 g/mol. The van der Waals surface area contributed by atoms with Crippen molar-refractivity contribution >= 4 is 0 Å². The van der Waals surface area contributed by atoms with Crippen LogP contribution in [0.4, 0.5) is 0 Å². The van der Waals surface area contributed by atoms with Crippen LogP contribution in [0.1, 0.15) is 57.6 Å². The number of aromatic nitrogens is 2. The molecule has 3 nitrogen and oxygen atoms in total. The molecule has 96 valence electrons. The molecule has 1 aromatic rings. The zero-order valence-corrected chi connectivity index (χ0v) is 11.0. The molecule has 1 aromatic heterocycles. The highest BCUT2D eigenvalue weighted by Crippen LogP contribution is 2.17. The summed E-state index contributed by atoms with van der Waals surface area (Å²) in [5, 5.41) is 3.71. The summed E-state index contributed by atoms with van der Waals surface area (Å²) in [7, 11) is 0. The maximum Gasteiger partial charge on any atom is 0.0948 e. The lowest BCUT2D eigenvalue weighted by Gasteiger charge is -2.21. The molecule has 0 unspecified atom stereocenters. The number of aryl methyl sites for hydroxylation is 1. The maximum absolute atomic E-state index is 4.21. The van der Waals surface area contributed by atoms with Crippen LogP contribution in [0.2, 0.25) is 0 Å². The molecule has 1 aliphatic rings. The summed E-state index contributed by atoms with van der Waals surface area (Å²) in [6, 6.07) is 0.718. The Balaban J connectivity index is 1.79. The van der Waals surface area contributed by atoms with E-state index in [4.69, 9.17) is 0 Å². The van der Waals surface area contributed by atoms with Gasteiger partial charge in [0.15, 0.2) is 0 Å². The molecular weight excluding hydrogens is 210 g/mol. The maximum atomic E-state index is 4.21. The van der Waals surface area contributed by atoms with Gasteiger partial charge in [-0.2, -0.15) is 0 Å². The zero-order chi connectivity index (χ0) is 11.9. The van der Waals surface area contributed by atoms with E-state index in [1.54, 1.807) is 0 Å². The van der Waals surface area contributed by atoms with E-state index in [1.165, 1.54) is 50.6 Å². The van der Waals surface area contributed by atoms with Gasteiger partial charge in [-0.15, -0.1) is 0 Å². The van der Waals surface area contributed by atoms with Crippen molar-refractivity contribution in [2.75, 3.05) is 0 Å². The molecule has 3 heteroatoms. The van der Waals surface area contributed by atoms with Gasteiger partial charge in [-0.3, -0.25) is 0 Å². The average Bonchev–Trinajstić information content (AvgIpc) is 2.75. The van der Waals surface area contributed by atoms with E-state index in [0.29, 0.717) is 0 Å². The number of nitrogens with one attached hydrogen (secondary N) is 1. The smallest absolute Gasteiger partial charge is 0.0948 e. The van der Waals surface area contributed by atoms with Crippen LogP contribution in [0.15, 0.2) is 12.5 Å². The Bertz CT molecular complexity index is 311. The molecule has 1 saturated carbocycles. The molecule has 0 bridgehead atoms. The van der Waals surface area contributed by atoms with Crippen LogP contribution < -0.4 is 5.32 Å². The molecule has 0 aromatic carbocycles. The van der Waals surface area contributed by atoms with Crippen molar-refractivity contribution in [3.05, 3.63) is 18.2 Å². The van der Waals surface area contributed by atoms with Crippen LogP contribution in [0.3, 0.4) is 0 Å². The Morgan fingerprint density at radius 3 is 2.65 bits per heavy atom. The third-order valence-corrected chi connectivity index (χ3v) is 3.82. The fourth-order valence-corrected chi connectivity index (χ4v) is 2.69. The highest BCUT2D eigenvalue weighted by Gasteiger charge is 2.11. The van der Waals surface area contributed by atoms with Gasteiger partial charge in [0.05, 0.1) is 12.0 Å². The topological polar surface area (TPSA) is 29.9 Å². The quantitative estimate of drug-likeness (QED) is 0.869. The van der Waals surface area contributed by atoms with Gasteiger partial charge in [-0.05, 0) is 19.8 Å². The van der Waals surface area contributed by atoms with Crippen LogP contribution in [-0.2, 0) is 13.1 Å². The molecule has 17 heavy (non-hydrogen) atoms. The molecule has 1 fully saturated rings. The first-order valence-electron chi connectivity index (χ1n) is 7.12. The van der Waals surface area contributed by atoms with Crippen molar-refractivity contribution in [1.29, 1.82) is 0 Å². The van der Waals surface area contributed by atoms with E-state index in [0.717, 1.165) is 19.1 Å². The third-order valence-electron chi connectivity index (χ3n) is 3.82. The van der Waals surface area contributed by atoms with Gasteiger partial charge in [0.2, 0.25) is 0 Å². The van der Waals surface area contributed by atoms with Gasteiger partial charge >= 0.3 is 0 Å². The SMILES string of the molecule is CCn1cncc1CNC1CCCCCCC1. The van der Waals surface area contributed by atoms with Crippen LogP contribution in [0, 0.1) is 0 Å². The summed E-state index contributed by atoms with van der Waals surface area (Å²) in [5.74, 6) is 0. The van der Waals surface area contributed by atoms with Crippen LogP contribution in [-0.4, -0.2) is 15.6 Å². The Morgan fingerprint density at radius 2 is 1.94 bits per heavy atom. The van der Waals surface area contributed by atoms with Gasteiger partial charge in [-0.25, -0.2) is 4.98 Å². The predicted molar refractivity (Wildman–Crippen MR) is 70.8 cm³/mol. The zero-order valence-electron chi connectivity index (χ0n) is 11.0. The van der Waals surface area contributed by atoms with E-state index in [2.05, 4.69) is 21.8 Å². The van der Waals surface area contributed by atoms with Crippen LogP contribution in [0.5, 0.6) is 0 Å². The standard InChI is InChI=1S/C14H25N3/c1-2-17-12-15-10-14(17)11-16-13-8-6-4-3-5-7-9-13/h10,12-13,16H,2-9,11H2,1H3. The summed E-state index contributed by atoms with van der Waals surface area (Å²) in [6.07, 6.45) is 13.7. The van der Waals surface area contributed by atoms with E-state index < -0.39 is 0 Å². The summed E-state index contributed by atoms with van der Waals surface area (Å²) >= 11 is 0. The minimum Gasteiger partial charge on any atom is -0.334 e. The molecule has 0 radical (unpaired) electrons. The summed E-state index contributed by atoms with van der Waals surface area (Å²) < 4.78 is 2.22. The van der Waals surface area contributed by atoms with Crippen molar-refractivity contribution in [3.63, 3.8) is 0 Å². The van der Waals surface area contributed by atoms with Gasteiger partial charge in [0.1, 0.15) is 0 Å². The number of hydrogen-bond acceptors (Lipinski definition) is 2. The minimum absolute atomic E-state index is 0.718. The first kappa shape index (κ1) is 12.6. The number of imidazole rings is 1. The number of nitrogens with zero attached hydrogens (tertiary/aromatic N) is 2. The lowest BCUT2D eigenvalue weighted by Crippen LogP contribution is -2.30. The Labute approximate surface area is 105 Å². The molecular formula is C14H25N3. The van der Waals surface area contributed by atoms with E-state index in [-0.39, 0.29) is 0 Å². The fraction of sp³-hybridized carbons (Fsp3) is 0.786. The summed E-state index contributed by atoms with van der Waals surface area (Å²) in [5.41, 5.74) is 1.31. The molecule has 0 spiro atoms. The molecule has 1 heterocycles. The minimum atomic E-state index is 0.718. The molecule has 0 amide bonds. The van der Waals surface area contributed by atoms with Gasteiger partial charge in [-0.1, -0.05) is 32.1 Å². The molecule has 0 saturated heterocycles. The number of rotatable bonds is 4. The second-order valence-electron chi connectivity index (χ2n) is 5.09. The molecule has 1 aliphatic carbocycles. The van der Waals surface area contributed by atoms with Crippen molar-refractivity contribution < 1.29 is 0 Å². The third kappa shape index (κ3) is 3.84. The predicted octanol–water partition coefficient (Wildman–Crippen LogP) is 3.11. The first-order chi connectivity index (χ1) is 8.40. The monoisotopic (exact) mass is 235 g/mol. The van der Waals surface area contributed by atoms with Gasteiger partial charge in [0.25, 0.3) is 0 Å². The largest absolute Gasteiger partial charge is 0.334 e. The normalized spacial score (nSPS) is 18.9. The second-order valence-corrected chi connectivity index (χ2v) is 5.09. The van der Waals surface area contributed by atoms with E-state index in [9.17, 15) is 0 Å². The Kier molecular flexibility index (Phi) is 5.05. The molecule has 0 atom stereocenters. The molecule has 0 aliphatic heterocycles. The Morgan fingerprint density at radius 1 is 1.24 bits per heavy atom. The lowest BCUT2D eigenvalue weighted by atomic mass is 9.97. The van der Waals surface area contributed by atoms with Crippen LogP contribution >= 0.6 is 0 Å². The summed E-state index contributed by atoms with van der Waals surface area (Å²) in [6.45, 7) is 4.15. The highest BCUT2D eigenvalue weighted by atomic mass is 15.1. The van der Waals surface area contributed by atoms with E-state index >= 15 is 0 Å². The molecule has 2 rings (SSSR count).